The van der Waals surface area contributed by atoms with E-state index in [-0.39, 0.29) is 18.2 Å². The normalized spacial score (nSPS) is 16.6. The van der Waals surface area contributed by atoms with Crippen molar-refractivity contribution in [3.63, 3.8) is 0 Å². The van der Waals surface area contributed by atoms with Crippen molar-refractivity contribution in [2.24, 2.45) is 0 Å². The van der Waals surface area contributed by atoms with E-state index in [4.69, 9.17) is 24.5 Å². The summed E-state index contributed by atoms with van der Waals surface area (Å²) < 4.78 is 12.4. The Morgan fingerprint density at radius 1 is 1.08 bits per heavy atom. The van der Waals surface area contributed by atoms with Gasteiger partial charge in [0.2, 0.25) is 0 Å². The summed E-state index contributed by atoms with van der Waals surface area (Å²) in [5, 5.41) is 11.2. The molecule has 2 fully saturated rings. The number of rotatable bonds is 5. The molecule has 4 heterocycles. The Morgan fingerprint density at radius 2 is 1.81 bits per heavy atom. The summed E-state index contributed by atoms with van der Waals surface area (Å²) in [4.78, 5) is 37.6. The van der Waals surface area contributed by atoms with E-state index < -0.39 is 0 Å². The van der Waals surface area contributed by atoms with Gasteiger partial charge in [0.05, 0.1) is 37.9 Å². The van der Waals surface area contributed by atoms with Crippen molar-refractivity contribution in [3.05, 3.63) is 30.5 Å². The molecule has 2 N–H and O–H groups in total. The number of hydrogen-bond acceptors (Lipinski definition) is 8. The summed E-state index contributed by atoms with van der Waals surface area (Å²) >= 11 is 0. The van der Waals surface area contributed by atoms with E-state index in [2.05, 4.69) is 15.5 Å². The van der Waals surface area contributed by atoms with Crippen LogP contribution in [0.3, 0.4) is 0 Å². The number of piperidine rings is 1. The predicted molar refractivity (Wildman–Crippen MR) is 139 cm³/mol. The van der Waals surface area contributed by atoms with Gasteiger partial charge in [0.25, 0.3) is 0 Å². The highest BCUT2D eigenvalue weighted by atomic mass is 16.5. The van der Waals surface area contributed by atoms with Crippen LogP contribution in [0.15, 0.2) is 30.5 Å². The molecule has 2 aliphatic rings. The van der Waals surface area contributed by atoms with Crippen LogP contribution in [0.2, 0.25) is 0 Å². The van der Waals surface area contributed by atoms with Gasteiger partial charge in [-0.3, -0.25) is 0 Å². The van der Waals surface area contributed by atoms with Gasteiger partial charge in [0.1, 0.15) is 5.82 Å². The van der Waals surface area contributed by atoms with Gasteiger partial charge in [0, 0.05) is 44.0 Å². The summed E-state index contributed by atoms with van der Waals surface area (Å²) in [5.74, 6) is 1.43. The van der Waals surface area contributed by atoms with Crippen LogP contribution >= 0.6 is 0 Å². The summed E-state index contributed by atoms with van der Waals surface area (Å²) in [6.07, 6.45) is 3.07. The Bertz CT molecular complexity index is 1250. The van der Waals surface area contributed by atoms with Crippen molar-refractivity contribution in [2.75, 3.05) is 63.3 Å². The molecule has 0 radical (unpaired) electrons. The van der Waals surface area contributed by atoms with E-state index in [9.17, 15) is 9.59 Å². The zero-order chi connectivity index (χ0) is 25.8. The fourth-order valence-corrected chi connectivity index (χ4v) is 4.78. The molecular formula is C25H32N8O4. The second-order valence-electron chi connectivity index (χ2n) is 9.05. The van der Waals surface area contributed by atoms with Crippen LogP contribution in [0.25, 0.3) is 22.4 Å². The molecule has 2 aromatic heterocycles. The van der Waals surface area contributed by atoms with Crippen LogP contribution in [0.5, 0.6) is 0 Å². The number of morpholine rings is 1. The zero-order valence-corrected chi connectivity index (χ0v) is 21.1. The van der Waals surface area contributed by atoms with Gasteiger partial charge < -0.3 is 29.9 Å². The first-order chi connectivity index (χ1) is 18.1. The molecule has 0 saturated carbocycles. The Balaban J connectivity index is 1.48. The van der Waals surface area contributed by atoms with Crippen LogP contribution in [0.4, 0.5) is 21.1 Å². The number of nitrogens with zero attached hydrogens (tertiary/aromatic N) is 6. The van der Waals surface area contributed by atoms with E-state index in [1.807, 2.05) is 42.1 Å². The van der Waals surface area contributed by atoms with E-state index in [0.717, 1.165) is 48.3 Å². The Morgan fingerprint density at radius 3 is 2.49 bits per heavy atom. The fourth-order valence-electron chi connectivity index (χ4n) is 4.78. The maximum atomic E-state index is 11.9. The van der Waals surface area contributed by atoms with Crippen molar-refractivity contribution in [1.29, 1.82) is 0 Å². The molecule has 12 nitrogen and oxygen atoms in total. The average molecular weight is 509 g/mol. The predicted octanol–water partition coefficient (Wildman–Crippen LogP) is 2.87. The minimum Gasteiger partial charge on any atom is -0.453 e. The number of carbonyl (C=O) groups is 2. The maximum absolute atomic E-state index is 11.9. The van der Waals surface area contributed by atoms with Gasteiger partial charge in [-0.05, 0) is 44.0 Å². The molecule has 1 aromatic carbocycles. The lowest BCUT2D eigenvalue weighted by Gasteiger charge is -2.31. The number of urea groups is 1. The standard InChI is InChI=1S/C25H32N8O4/c1-3-26-24(34)28-18-6-4-17(5-7-18)21-29-22(31-12-14-37-15-13-31)20-16-27-33(23(20)30-21)19-8-10-32(11-9-19)25(35)36-2/h4-7,16,19H,3,8-15H2,1-2H3,(H2,26,28,34). The molecule has 3 aromatic rings. The number of carbonyl (C=O) groups excluding carboxylic acids is 2. The Hall–Kier alpha value is -3.93. The molecule has 2 saturated heterocycles. The van der Waals surface area contributed by atoms with E-state index in [0.29, 0.717) is 44.4 Å². The van der Waals surface area contributed by atoms with Crippen molar-refractivity contribution in [3.8, 4) is 11.4 Å². The fraction of sp³-hybridized carbons (Fsp3) is 0.480. The van der Waals surface area contributed by atoms with Crippen LogP contribution in [-0.4, -0.2) is 89.8 Å². The van der Waals surface area contributed by atoms with Gasteiger partial charge in [0.15, 0.2) is 11.5 Å². The number of likely N-dealkylation sites (tertiary alicyclic amines) is 1. The molecule has 2 aliphatic heterocycles. The molecule has 37 heavy (non-hydrogen) atoms. The molecule has 0 aliphatic carbocycles. The minimum atomic E-state index is -0.298. The molecule has 0 unspecified atom stereocenters. The van der Waals surface area contributed by atoms with Crippen LogP contribution in [0, 0.1) is 0 Å². The number of methoxy groups -OCH3 is 1. The highest BCUT2D eigenvalue weighted by Crippen LogP contribution is 2.32. The first kappa shape index (κ1) is 24.8. The maximum Gasteiger partial charge on any atom is 0.409 e. The summed E-state index contributed by atoms with van der Waals surface area (Å²) in [5.41, 5.74) is 2.30. The number of amides is 3. The van der Waals surface area contributed by atoms with Crippen LogP contribution in [0.1, 0.15) is 25.8 Å². The third-order valence-electron chi connectivity index (χ3n) is 6.73. The lowest BCUT2D eigenvalue weighted by atomic mass is 10.1. The Labute approximate surface area is 214 Å². The third-order valence-corrected chi connectivity index (χ3v) is 6.73. The minimum absolute atomic E-state index is 0.113. The summed E-state index contributed by atoms with van der Waals surface area (Å²) in [6, 6.07) is 7.36. The van der Waals surface area contributed by atoms with E-state index in [1.165, 1.54) is 7.11 Å². The highest BCUT2D eigenvalue weighted by Gasteiger charge is 2.28. The first-order valence-electron chi connectivity index (χ1n) is 12.6. The number of anilines is 2. The molecule has 196 valence electrons. The number of hydrogen-bond donors (Lipinski definition) is 2. The number of fused-ring (bicyclic) bond motifs is 1. The highest BCUT2D eigenvalue weighted by molar-refractivity contribution is 5.90. The van der Waals surface area contributed by atoms with E-state index in [1.54, 1.807) is 4.90 Å². The molecule has 0 atom stereocenters. The van der Waals surface area contributed by atoms with Crippen molar-refractivity contribution >= 4 is 34.7 Å². The largest absolute Gasteiger partial charge is 0.453 e. The van der Waals surface area contributed by atoms with Gasteiger partial charge in [-0.1, -0.05) is 0 Å². The van der Waals surface area contributed by atoms with Crippen molar-refractivity contribution in [1.82, 2.24) is 30.0 Å². The SMILES string of the molecule is CCNC(=O)Nc1ccc(-c2nc(N3CCOCC3)c3cnn(C4CCN(C(=O)OC)CC4)c3n2)cc1. The third kappa shape index (κ3) is 5.29. The lowest BCUT2D eigenvalue weighted by molar-refractivity contribution is 0.106. The lowest BCUT2D eigenvalue weighted by Crippen LogP contribution is -2.39. The summed E-state index contributed by atoms with van der Waals surface area (Å²) in [6.45, 7) is 6.39. The van der Waals surface area contributed by atoms with Gasteiger partial charge in [-0.15, -0.1) is 0 Å². The van der Waals surface area contributed by atoms with Gasteiger partial charge >= 0.3 is 12.1 Å². The first-order valence-corrected chi connectivity index (χ1v) is 12.6. The quantitative estimate of drug-likeness (QED) is 0.539. The monoisotopic (exact) mass is 508 g/mol. The topological polar surface area (TPSA) is 127 Å². The average Bonchev–Trinajstić information content (AvgIpc) is 3.37. The van der Waals surface area contributed by atoms with Crippen LogP contribution < -0.4 is 15.5 Å². The molecule has 0 spiro atoms. The second kappa shape index (κ2) is 11.0. The van der Waals surface area contributed by atoms with Crippen LogP contribution in [-0.2, 0) is 9.47 Å². The molecule has 0 bridgehead atoms. The molecular weight excluding hydrogens is 476 g/mol. The van der Waals surface area contributed by atoms with Gasteiger partial charge in [-0.25, -0.2) is 24.2 Å². The van der Waals surface area contributed by atoms with Crippen molar-refractivity contribution in [2.45, 2.75) is 25.8 Å². The molecule has 12 heteroatoms. The van der Waals surface area contributed by atoms with Gasteiger partial charge in [-0.2, -0.15) is 5.10 Å². The zero-order valence-electron chi connectivity index (χ0n) is 21.1. The molecule has 3 amide bonds. The smallest absolute Gasteiger partial charge is 0.409 e. The number of nitrogens with one attached hydrogen (secondary N) is 2. The second-order valence-corrected chi connectivity index (χ2v) is 9.05. The number of aromatic nitrogens is 4. The number of ether oxygens (including phenoxy) is 2. The Kier molecular flexibility index (Phi) is 7.35. The number of benzene rings is 1. The van der Waals surface area contributed by atoms with E-state index >= 15 is 0 Å². The molecule has 5 rings (SSSR count). The van der Waals surface area contributed by atoms with Crippen molar-refractivity contribution < 1.29 is 19.1 Å². The summed E-state index contributed by atoms with van der Waals surface area (Å²) in [7, 11) is 1.41.